The zero-order chi connectivity index (χ0) is 18.2. The molecule has 2 amide bonds. The van der Waals surface area contributed by atoms with E-state index in [1.807, 2.05) is 0 Å². The highest BCUT2D eigenvalue weighted by Gasteiger charge is 2.39. The lowest BCUT2D eigenvalue weighted by Crippen LogP contribution is -2.24. The molecule has 0 heterocycles. The van der Waals surface area contributed by atoms with Crippen molar-refractivity contribution in [1.82, 2.24) is 5.32 Å². The van der Waals surface area contributed by atoms with E-state index < -0.39 is 0 Å². The van der Waals surface area contributed by atoms with Crippen molar-refractivity contribution in [2.75, 3.05) is 19.0 Å². The molecule has 2 atom stereocenters. The standard InChI is InChI=1S/C19H26N2O4/c1-13-12-16(13)19(24)21-15-9-7-14(8-10-15)18(23)20-11-5-3-4-6-17(22)25-2/h7-10,13,16H,3-6,11-12H2,1-2H3,(H,20,23)(H,21,24). The van der Waals surface area contributed by atoms with Crippen LogP contribution in [0, 0.1) is 11.8 Å². The molecule has 6 nitrogen and oxygen atoms in total. The molecule has 6 heteroatoms. The average molecular weight is 346 g/mol. The van der Waals surface area contributed by atoms with Crippen LogP contribution >= 0.6 is 0 Å². The van der Waals surface area contributed by atoms with Crippen molar-refractivity contribution < 1.29 is 19.1 Å². The smallest absolute Gasteiger partial charge is 0.305 e. The predicted octanol–water partition coefficient (Wildman–Crippen LogP) is 2.74. The van der Waals surface area contributed by atoms with Crippen LogP contribution < -0.4 is 10.6 Å². The molecule has 0 aromatic heterocycles. The lowest BCUT2D eigenvalue weighted by Gasteiger charge is -2.07. The summed E-state index contributed by atoms with van der Waals surface area (Å²) in [4.78, 5) is 34.9. The monoisotopic (exact) mass is 346 g/mol. The van der Waals surface area contributed by atoms with Gasteiger partial charge in [-0.2, -0.15) is 0 Å². The van der Waals surface area contributed by atoms with Crippen molar-refractivity contribution in [3.63, 3.8) is 0 Å². The molecule has 136 valence electrons. The molecule has 1 aromatic carbocycles. The molecule has 2 N–H and O–H groups in total. The number of carbonyl (C=O) groups is 3. The van der Waals surface area contributed by atoms with Crippen LogP contribution in [0.1, 0.15) is 49.4 Å². The Morgan fingerprint density at radius 1 is 1.12 bits per heavy atom. The van der Waals surface area contributed by atoms with Crippen LogP contribution in [0.4, 0.5) is 5.69 Å². The molecule has 0 aliphatic heterocycles. The van der Waals surface area contributed by atoms with E-state index >= 15 is 0 Å². The number of amides is 2. The maximum atomic E-state index is 12.1. The number of rotatable bonds is 9. The minimum atomic E-state index is -0.202. The largest absolute Gasteiger partial charge is 0.469 e. The molecular formula is C19H26N2O4. The number of carbonyl (C=O) groups excluding carboxylic acids is 3. The van der Waals surface area contributed by atoms with E-state index in [1.54, 1.807) is 24.3 Å². The molecule has 25 heavy (non-hydrogen) atoms. The summed E-state index contributed by atoms with van der Waals surface area (Å²) in [5, 5.41) is 5.73. The second-order valence-electron chi connectivity index (χ2n) is 6.53. The molecule has 0 bridgehead atoms. The number of anilines is 1. The number of benzene rings is 1. The van der Waals surface area contributed by atoms with Gasteiger partial charge in [-0.05, 0) is 49.4 Å². The molecular weight excluding hydrogens is 320 g/mol. The Hall–Kier alpha value is -2.37. The van der Waals surface area contributed by atoms with E-state index in [-0.39, 0.29) is 23.7 Å². The summed E-state index contributed by atoms with van der Waals surface area (Å²) in [7, 11) is 1.38. The number of methoxy groups -OCH3 is 1. The Labute approximate surface area is 148 Å². The summed E-state index contributed by atoms with van der Waals surface area (Å²) in [6.07, 6.45) is 3.80. The van der Waals surface area contributed by atoms with Crippen LogP contribution in [0.15, 0.2) is 24.3 Å². The van der Waals surface area contributed by atoms with Gasteiger partial charge >= 0.3 is 5.97 Å². The molecule has 0 saturated heterocycles. The summed E-state index contributed by atoms with van der Waals surface area (Å²) < 4.78 is 4.57. The van der Waals surface area contributed by atoms with Gasteiger partial charge in [0.2, 0.25) is 5.91 Å². The number of esters is 1. The first kappa shape index (κ1) is 19.0. The summed E-state index contributed by atoms with van der Waals surface area (Å²) in [6, 6.07) is 6.91. The van der Waals surface area contributed by atoms with Gasteiger partial charge in [0, 0.05) is 30.1 Å². The third-order valence-corrected chi connectivity index (χ3v) is 4.43. The van der Waals surface area contributed by atoms with E-state index in [1.165, 1.54) is 7.11 Å². The molecule has 2 unspecified atom stereocenters. The van der Waals surface area contributed by atoms with E-state index in [2.05, 4.69) is 22.3 Å². The molecule has 0 spiro atoms. The number of unbranched alkanes of at least 4 members (excludes halogenated alkanes) is 2. The summed E-state index contributed by atoms with van der Waals surface area (Å²) >= 11 is 0. The van der Waals surface area contributed by atoms with E-state index in [4.69, 9.17) is 0 Å². The Balaban J connectivity index is 1.66. The number of nitrogens with one attached hydrogen (secondary N) is 2. The number of hydrogen-bond donors (Lipinski definition) is 2. The normalized spacial score (nSPS) is 18.3. The first-order chi connectivity index (χ1) is 12.0. The molecule has 1 saturated carbocycles. The fourth-order valence-electron chi connectivity index (χ4n) is 2.60. The molecule has 1 aliphatic rings. The third-order valence-electron chi connectivity index (χ3n) is 4.43. The summed E-state index contributed by atoms with van der Waals surface area (Å²) in [5.41, 5.74) is 1.27. The van der Waals surface area contributed by atoms with Gasteiger partial charge in [0.15, 0.2) is 0 Å². The van der Waals surface area contributed by atoms with Crippen LogP contribution in [0.3, 0.4) is 0 Å². The van der Waals surface area contributed by atoms with E-state index in [9.17, 15) is 14.4 Å². The first-order valence-corrected chi connectivity index (χ1v) is 8.77. The molecule has 0 radical (unpaired) electrons. The first-order valence-electron chi connectivity index (χ1n) is 8.77. The lowest BCUT2D eigenvalue weighted by atomic mass is 10.1. The SMILES string of the molecule is COC(=O)CCCCCNC(=O)c1ccc(NC(=O)C2CC2C)cc1. The topological polar surface area (TPSA) is 84.5 Å². The maximum absolute atomic E-state index is 12.1. The minimum absolute atomic E-state index is 0.0525. The van der Waals surface area contributed by atoms with Crippen molar-refractivity contribution in [1.29, 1.82) is 0 Å². The van der Waals surface area contributed by atoms with Crippen LogP contribution in [-0.2, 0) is 14.3 Å². The summed E-state index contributed by atoms with van der Waals surface area (Å²) in [5.74, 6) is 0.311. The van der Waals surface area contributed by atoms with Crippen molar-refractivity contribution in [3.05, 3.63) is 29.8 Å². The fourth-order valence-corrected chi connectivity index (χ4v) is 2.60. The second-order valence-corrected chi connectivity index (χ2v) is 6.53. The Morgan fingerprint density at radius 3 is 2.40 bits per heavy atom. The lowest BCUT2D eigenvalue weighted by molar-refractivity contribution is -0.140. The van der Waals surface area contributed by atoms with E-state index in [0.29, 0.717) is 30.1 Å². The van der Waals surface area contributed by atoms with E-state index in [0.717, 1.165) is 25.7 Å². The van der Waals surface area contributed by atoms with Crippen molar-refractivity contribution >= 4 is 23.5 Å². The highest BCUT2D eigenvalue weighted by Crippen LogP contribution is 2.38. The van der Waals surface area contributed by atoms with Gasteiger partial charge in [-0.3, -0.25) is 14.4 Å². The van der Waals surface area contributed by atoms with Crippen molar-refractivity contribution in [2.45, 2.75) is 39.0 Å². The Kier molecular flexibility index (Phi) is 6.98. The number of ether oxygens (including phenoxy) is 1. The Bertz CT molecular complexity index is 612. The van der Waals surface area contributed by atoms with Crippen LogP contribution in [-0.4, -0.2) is 31.4 Å². The Morgan fingerprint density at radius 2 is 1.80 bits per heavy atom. The predicted molar refractivity (Wildman–Crippen MR) is 95.2 cm³/mol. The van der Waals surface area contributed by atoms with Gasteiger partial charge in [-0.25, -0.2) is 0 Å². The molecule has 1 aliphatic carbocycles. The average Bonchev–Trinajstić information content (AvgIpc) is 3.35. The zero-order valence-corrected chi connectivity index (χ0v) is 14.8. The highest BCUT2D eigenvalue weighted by atomic mass is 16.5. The quantitative estimate of drug-likeness (QED) is 0.532. The molecule has 1 fully saturated rings. The zero-order valence-electron chi connectivity index (χ0n) is 14.8. The third kappa shape index (κ3) is 6.21. The van der Waals surface area contributed by atoms with Gasteiger partial charge < -0.3 is 15.4 Å². The van der Waals surface area contributed by atoms with Gasteiger partial charge in [0.1, 0.15) is 0 Å². The van der Waals surface area contributed by atoms with Crippen LogP contribution in [0.2, 0.25) is 0 Å². The van der Waals surface area contributed by atoms with Crippen molar-refractivity contribution in [3.8, 4) is 0 Å². The molecule has 2 rings (SSSR count). The number of hydrogen-bond acceptors (Lipinski definition) is 4. The van der Waals surface area contributed by atoms with Gasteiger partial charge in [0.25, 0.3) is 5.91 Å². The van der Waals surface area contributed by atoms with Crippen LogP contribution in [0.5, 0.6) is 0 Å². The van der Waals surface area contributed by atoms with Gasteiger partial charge in [-0.15, -0.1) is 0 Å². The fraction of sp³-hybridized carbons (Fsp3) is 0.526. The van der Waals surface area contributed by atoms with Gasteiger partial charge in [-0.1, -0.05) is 13.3 Å². The minimum Gasteiger partial charge on any atom is -0.469 e. The summed E-state index contributed by atoms with van der Waals surface area (Å²) in [6.45, 7) is 2.63. The van der Waals surface area contributed by atoms with Gasteiger partial charge in [0.05, 0.1) is 7.11 Å². The van der Waals surface area contributed by atoms with Crippen molar-refractivity contribution in [2.24, 2.45) is 11.8 Å². The molecule has 1 aromatic rings. The highest BCUT2D eigenvalue weighted by molar-refractivity contribution is 5.96. The second kappa shape index (κ2) is 9.20. The maximum Gasteiger partial charge on any atom is 0.305 e. The van der Waals surface area contributed by atoms with Crippen LogP contribution in [0.25, 0.3) is 0 Å².